The first-order valence-corrected chi connectivity index (χ1v) is 6.86. The van der Waals surface area contributed by atoms with E-state index in [1.165, 1.54) is 25.7 Å². The number of morpholine rings is 1. The fraction of sp³-hybridized carbons (Fsp3) is 0.923. The molecule has 2 N–H and O–H groups in total. The third-order valence-electron chi connectivity index (χ3n) is 3.10. The second-order valence-corrected chi connectivity index (χ2v) is 4.82. The minimum absolute atomic E-state index is 0.0280. The molecular formula is C13H26N2O2. The Labute approximate surface area is 104 Å². The van der Waals surface area contributed by atoms with Gasteiger partial charge in [0.05, 0.1) is 6.61 Å². The largest absolute Gasteiger partial charge is 0.366 e. The van der Waals surface area contributed by atoms with Gasteiger partial charge in [-0.25, -0.2) is 0 Å². The lowest BCUT2D eigenvalue weighted by Gasteiger charge is -2.24. The van der Waals surface area contributed by atoms with Crippen molar-refractivity contribution in [1.29, 1.82) is 0 Å². The Morgan fingerprint density at radius 2 is 2.29 bits per heavy atom. The summed E-state index contributed by atoms with van der Waals surface area (Å²) in [6, 6.07) is 0.255. The van der Waals surface area contributed by atoms with Crippen LogP contribution in [0.25, 0.3) is 0 Å². The maximum Gasteiger partial charge on any atom is 0.250 e. The molecule has 1 saturated heterocycles. The van der Waals surface area contributed by atoms with E-state index in [9.17, 15) is 4.79 Å². The smallest absolute Gasteiger partial charge is 0.250 e. The molecular weight excluding hydrogens is 216 g/mol. The number of ether oxygens (including phenoxy) is 1. The van der Waals surface area contributed by atoms with Crippen LogP contribution in [-0.2, 0) is 9.53 Å². The standard InChI is InChI=1S/C13H26N2O2/c1-3-4-5-6-7-11(2)15-13(16)12-10-14-8-9-17-12/h11-12,14H,3-10H2,1-2H3,(H,15,16). The van der Waals surface area contributed by atoms with Crippen molar-refractivity contribution >= 4 is 5.91 Å². The summed E-state index contributed by atoms with van der Waals surface area (Å²) in [5, 5.41) is 6.19. The minimum atomic E-state index is -0.304. The molecule has 0 radical (unpaired) electrons. The van der Waals surface area contributed by atoms with Gasteiger partial charge < -0.3 is 15.4 Å². The summed E-state index contributed by atoms with van der Waals surface area (Å²) in [5.74, 6) is 0.0280. The number of hydrogen-bond acceptors (Lipinski definition) is 3. The van der Waals surface area contributed by atoms with Crippen molar-refractivity contribution in [1.82, 2.24) is 10.6 Å². The predicted molar refractivity (Wildman–Crippen MR) is 69.0 cm³/mol. The molecule has 100 valence electrons. The zero-order chi connectivity index (χ0) is 12.5. The van der Waals surface area contributed by atoms with Crippen LogP contribution in [0.5, 0.6) is 0 Å². The Hall–Kier alpha value is -0.610. The third kappa shape index (κ3) is 6.03. The Balaban J connectivity index is 2.11. The molecule has 1 heterocycles. The maximum atomic E-state index is 11.8. The molecule has 4 heteroatoms. The highest BCUT2D eigenvalue weighted by atomic mass is 16.5. The second-order valence-electron chi connectivity index (χ2n) is 4.82. The predicted octanol–water partition coefficient (Wildman–Crippen LogP) is 1.45. The lowest BCUT2D eigenvalue weighted by atomic mass is 10.1. The van der Waals surface area contributed by atoms with Crippen LogP contribution in [0.4, 0.5) is 0 Å². The first-order valence-electron chi connectivity index (χ1n) is 6.86. The van der Waals surface area contributed by atoms with Crippen molar-refractivity contribution in [3.8, 4) is 0 Å². The molecule has 1 fully saturated rings. The average molecular weight is 242 g/mol. The van der Waals surface area contributed by atoms with E-state index in [2.05, 4.69) is 24.5 Å². The second kappa shape index (κ2) is 8.48. The van der Waals surface area contributed by atoms with Crippen LogP contribution in [0.1, 0.15) is 46.0 Å². The molecule has 0 bridgehead atoms. The Morgan fingerprint density at radius 1 is 1.47 bits per heavy atom. The number of rotatable bonds is 7. The molecule has 2 atom stereocenters. The Bertz CT molecular complexity index is 215. The van der Waals surface area contributed by atoms with Gasteiger partial charge in [-0.3, -0.25) is 4.79 Å². The monoisotopic (exact) mass is 242 g/mol. The van der Waals surface area contributed by atoms with Crippen LogP contribution in [0.2, 0.25) is 0 Å². The van der Waals surface area contributed by atoms with Crippen LogP contribution in [0, 0.1) is 0 Å². The topological polar surface area (TPSA) is 50.4 Å². The molecule has 4 nitrogen and oxygen atoms in total. The Morgan fingerprint density at radius 3 is 2.94 bits per heavy atom. The molecule has 2 unspecified atom stereocenters. The molecule has 1 aliphatic heterocycles. The molecule has 0 aromatic heterocycles. The van der Waals surface area contributed by atoms with Gasteiger partial charge in [0, 0.05) is 19.1 Å². The van der Waals surface area contributed by atoms with Crippen molar-refractivity contribution in [2.75, 3.05) is 19.7 Å². The van der Waals surface area contributed by atoms with Crippen molar-refractivity contribution in [3.63, 3.8) is 0 Å². The molecule has 0 aromatic rings. The summed E-state index contributed by atoms with van der Waals surface area (Å²) in [5.41, 5.74) is 0. The fourth-order valence-electron chi connectivity index (χ4n) is 2.02. The van der Waals surface area contributed by atoms with E-state index < -0.39 is 0 Å². The fourth-order valence-corrected chi connectivity index (χ4v) is 2.02. The van der Waals surface area contributed by atoms with E-state index >= 15 is 0 Å². The van der Waals surface area contributed by atoms with Gasteiger partial charge in [-0.15, -0.1) is 0 Å². The van der Waals surface area contributed by atoms with E-state index in [-0.39, 0.29) is 18.1 Å². The van der Waals surface area contributed by atoms with Gasteiger partial charge in [0.2, 0.25) is 0 Å². The molecule has 0 aliphatic carbocycles. The van der Waals surface area contributed by atoms with E-state index in [0.717, 1.165) is 13.0 Å². The number of carbonyl (C=O) groups is 1. The molecule has 0 aromatic carbocycles. The molecule has 0 saturated carbocycles. The van der Waals surface area contributed by atoms with Crippen LogP contribution < -0.4 is 10.6 Å². The van der Waals surface area contributed by atoms with Gasteiger partial charge in [-0.1, -0.05) is 32.6 Å². The first kappa shape index (κ1) is 14.5. The van der Waals surface area contributed by atoms with Crippen molar-refractivity contribution in [2.45, 2.75) is 58.1 Å². The number of carbonyl (C=O) groups excluding carboxylic acids is 1. The van der Waals surface area contributed by atoms with Gasteiger partial charge in [-0.2, -0.15) is 0 Å². The summed E-state index contributed by atoms with van der Waals surface area (Å²) < 4.78 is 5.41. The zero-order valence-electron chi connectivity index (χ0n) is 11.1. The highest BCUT2D eigenvalue weighted by Gasteiger charge is 2.22. The van der Waals surface area contributed by atoms with Crippen molar-refractivity contribution < 1.29 is 9.53 Å². The van der Waals surface area contributed by atoms with E-state index in [1.54, 1.807) is 0 Å². The summed E-state index contributed by atoms with van der Waals surface area (Å²) in [6.45, 7) is 6.38. The van der Waals surface area contributed by atoms with Crippen LogP contribution >= 0.6 is 0 Å². The zero-order valence-corrected chi connectivity index (χ0v) is 11.1. The Kier molecular flexibility index (Phi) is 7.21. The van der Waals surface area contributed by atoms with E-state index in [0.29, 0.717) is 13.2 Å². The molecule has 1 amide bonds. The molecule has 1 aliphatic rings. The average Bonchev–Trinajstić information content (AvgIpc) is 2.36. The number of amides is 1. The lowest BCUT2D eigenvalue weighted by Crippen LogP contribution is -2.49. The quantitative estimate of drug-likeness (QED) is 0.664. The molecule has 0 spiro atoms. The summed E-state index contributed by atoms with van der Waals surface area (Å²) >= 11 is 0. The minimum Gasteiger partial charge on any atom is -0.366 e. The maximum absolute atomic E-state index is 11.8. The number of nitrogens with one attached hydrogen (secondary N) is 2. The van der Waals surface area contributed by atoms with Gasteiger partial charge in [0.25, 0.3) is 5.91 Å². The van der Waals surface area contributed by atoms with Gasteiger partial charge in [0.1, 0.15) is 6.10 Å². The SMILES string of the molecule is CCCCCCC(C)NC(=O)C1CNCCO1. The van der Waals surface area contributed by atoms with Gasteiger partial charge >= 0.3 is 0 Å². The normalized spacial score (nSPS) is 22.1. The van der Waals surface area contributed by atoms with Crippen LogP contribution in [0.15, 0.2) is 0 Å². The van der Waals surface area contributed by atoms with Crippen molar-refractivity contribution in [3.05, 3.63) is 0 Å². The lowest BCUT2D eigenvalue weighted by molar-refractivity contribution is -0.134. The molecule has 17 heavy (non-hydrogen) atoms. The van der Waals surface area contributed by atoms with Gasteiger partial charge in [0.15, 0.2) is 0 Å². The van der Waals surface area contributed by atoms with E-state index in [1.807, 2.05) is 0 Å². The number of unbranched alkanes of at least 4 members (excludes halogenated alkanes) is 3. The van der Waals surface area contributed by atoms with Crippen LogP contribution in [0.3, 0.4) is 0 Å². The summed E-state index contributed by atoms with van der Waals surface area (Å²) in [6.07, 6.45) is 5.75. The highest BCUT2D eigenvalue weighted by Crippen LogP contribution is 2.06. The molecule has 1 rings (SSSR count). The van der Waals surface area contributed by atoms with Crippen molar-refractivity contribution in [2.24, 2.45) is 0 Å². The third-order valence-corrected chi connectivity index (χ3v) is 3.10. The van der Waals surface area contributed by atoms with E-state index in [4.69, 9.17) is 4.74 Å². The summed E-state index contributed by atoms with van der Waals surface area (Å²) in [4.78, 5) is 11.8. The van der Waals surface area contributed by atoms with Crippen LogP contribution in [-0.4, -0.2) is 37.7 Å². The number of hydrogen-bond donors (Lipinski definition) is 2. The highest BCUT2D eigenvalue weighted by molar-refractivity contribution is 5.81. The van der Waals surface area contributed by atoms with Gasteiger partial charge in [-0.05, 0) is 13.3 Å². The summed E-state index contributed by atoms with van der Waals surface area (Å²) in [7, 11) is 0. The first-order chi connectivity index (χ1) is 8.24.